The summed E-state index contributed by atoms with van der Waals surface area (Å²) >= 11 is 0. The van der Waals surface area contributed by atoms with Crippen molar-refractivity contribution in [1.29, 1.82) is 0 Å². The molecule has 0 aliphatic carbocycles. The maximum absolute atomic E-state index is 13.2. The molecule has 0 bridgehead atoms. The van der Waals surface area contributed by atoms with Gasteiger partial charge in [-0.05, 0) is 36.4 Å². The van der Waals surface area contributed by atoms with Gasteiger partial charge in [0.05, 0.1) is 7.11 Å². The van der Waals surface area contributed by atoms with E-state index in [0.29, 0.717) is 6.61 Å². The molecule has 0 N–H and O–H groups in total. The van der Waals surface area contributed by atoms with Crippen LogP contribution in [0.1, 0.15) is 0 Å². The van der Waals surface area contributed by atoms with Gasteiger partial charge in [-0.15, -0.1) is 0 Å². The Hall–Kier alpha value is -2.23. The monoisotopic (exact) mass is 262 g/mol. The summed E-state index contributed by atoms with van der Waals surface area (Å²) in [5.74, 6) is 1.36. The minimum absolute atomic E-state index is 0.237. The van der Waals surface area contributed by atoms with Crippen molar-refractivity contribution in [3.63, 3.8) is 0 Å². The van der Waals surface area contributed by atoms with Crippen molar-refractivity contribution < 1.29 is 18.6 Å². The summed E-state index contributed by atoms with van der Waals surface area (Å²) in [5.41, 5.74) is 0. The second-order valence-electron chi connectivity index (χ2n) is 3.80. The molecule has 100 valence electrons. The Morgan fingerprint density at radius 2 is 1.47 bits per heavy atom. The van der Waals surface area contributed by atoms with Crippen LogP contribution in [0.2, 0.25) is 0 Å². The molecule has 4 heteroatoms. The molecule has 0 aliphatic heterocycles. The molecule has 19 heavy (non-hydrogen) atoms. The molecule has 0 amide bonds. The molecule has 2 aromatic rings. The molecule has 0 spiro atoms. The molecule has 2 aromatic carbocycles. The fraction of sp³-hybridized carbons (Fsp3) is 0.200. The number of para-hydroxylation sites is 1. The zero-order valence-electron chi connectivity index (χ0n) is 10.6. The summed E-state index contributed by atoms with van der Waals surface area (Å²) in [4.78, 5) is 0. The fourth-order valence-corrected chi connectivity index (χ4v) is 1.54. The highest BCUT2D eigenvalue weighted by atomic mass is 19.1. The van der Waals surface area contributed by atoms with Gasteiger partial charge in [0.1, 0.15) is 24.7 Å². The molecule has 0 aromatic heterocycles. The molecular formula is C15H15FO3. The molecule has 2 rings (SSSR count). The molecule has 0 radical (unpaired) electrons. The van der Waals surface area contributed by atoms with E-state index in [1.807, 2.05) is 24.3 Å². The molecule has 0 aliphatic rings. The van der Waals surface area contributed by atoms with Crippen LogP contribution in [-0.2, 0) is 0 Å². The second kappa shape index (κ2) is 6.64. The van der Waals surface area contributed by atoms with Gasteiger partial charge in [0.15, 0.2) is 11.6 Å². The zero-order chi connectivity index (χ0) is 13.5. The second-order valence-corrected chi connectivity index (χ2v) is 3.80. The van der Waals surface area contributed by atoms with E-state index in [1.54, 1.807) is 25.3 Å². The summed E-state index contributed by atoms with van der Waals surface area (Å²) in [6, 6.07) is 13.5. The van der Waals surface area contributed by atoms with Gasteiger partial charge < -0.3 is 14.2 Å². The predicted octanol–water partition coefficient (Wildman–Crippen LogP) is 3.29. The molecule has 0 saturated heterocycles. The zero-order valence-corrected chi connectivity index (χ0v) is 10.6. The van der Waals surface area contributed by atoms with E-state index in [9.17, 15) is 4.39 Å². The van der Waals surface area contributed by atoms with Crippen molar-refractivity contribution in [3.8, 4) is 17.2 Å². The van der Waals surface area contributed by atoms with Crippen LogP contribution in [-0.4, -0.2) is 20.3 Å². The van der Waals surface area contributed by atoms with Crippen LogP contribution in [0.25, 0.3) is 0 Å². The fourth-order valence-electron chi connectivity index (χ4n) is 1.54. The number of hydrogen-bond donors (Lipinski definition) is 0. The summed E-state index contributed by atoms with van der Waals surface area (Å²) < 4.78 is 29.0. The van der Waals surface area contributed by atoms with E-state index in [-0.39, 0.29) is 18.2 Å². The minimum Gasteiger partial charge on any atom is -0.497 e. The van der Waals surface area contributed by atoms with Crippen molar-refractivity contribution in [2.45, 2.75) is 0 Å². The average molecular weight is 262 g/mol. The van der Waals surface area contributed by atoms with Gasteiger partial charge in [0.25, 0.3) is 0 Å². The van der Waals surface area contributed by atoms with Crippen LogP contribution in [0.3, 0.4) is 0 Å². The number of benzene rings is 2. The van der Waals surface area contributed by atoms with Gasteiger partial charge in [0, 0.05) is 0 Å². The van der Waals surface area contributed by atoms with Crippen LogP contribution in [0.15, 0.2) is 48.5 Å². The van der Waals surface area contributed by atoms with Gasteiger partial charge in [-0.1, -0.05) is 12.1 Å². The van der Waals surface area contributed by atoms with E-state index < -0.39 is 0 Å². The van der Waals surface area contributed by atoms with Crippen LogP contribution in [0.5, 0.6) is 17.2 Å². The maximum Gasteiger partial charge on any atom is 0.165 e. The van der Waals surface area contributed by atoms with Gasteiger partial charge in [0.2, 0.25) is 0 Å². The molecule has 0 unspecified atom stereocenters. The van der Waals surface area contributed by atoms with Crippen LogP contribution < -0.4 is 14.2 Å². The van der Waals surface area contributed by atoms with E-state index in [2.05, 4.69) is 0 Å². The van der Waals surface area contributed by atoms with E-state index >= 15 is 0 Å². The Balaban J connectivity index is 1.76. The number of rotatable bonds is 6. The third kappa shape index (κ3) is 3.88. The Labute approximate surface area is 111 Å². The standard InChI is InChI=1S/C15H15FO3/c1-17-12-6-8-13(9-7-12)18-10-11-19-15-5-3-2-4-14(15)16/h2-9H,10-11H2,1H3. The Bertz CT molecular complexity index is 511. The molecule has 3 nitrogen and oxygen atoms in total. The highest BCUT2D eigenvalue weighted by molar-refractivity contribution is 5.31. The van der Waals surface area contributed by atoms with Crippen LogP contribution >= 0.6 is 0 Å². The summed E-state index contributed by atoms with van der Waals surface area (Å²) in [6.45, 7) is 0.633. The lowest BCUT2D eigenvalue weighted by Gasteiger charge is -2.09. The first-order valence-corrected chi connectivity index (χ1v) is 5.94. The lowest BCUT2D eigenvalue weighted by molar-refractivity contribution is 0.211. The van der Waals surface area contributed by atoms with Crippen molar-refractivity contribution in [2.75, 3.05) is 20.3 Å². The van der Waals surface area contributed by atoms with Gasteiger partial charge in [-0.25, -0.2) is 4.39 Å². The quantitative estimate of drug-likeness (QED) is 0.748. The van der Waals surface area contributed by atoms with Crippen molar-refractivity contribution in [2.24, 2.45) is 0 Å². The Morgan fingerprint density at radius 1 is 0.842 bits per heavy atom. The van der Waals surface area contributed by atoms with Gasteiger partial charge in [-0.2, -0.15) is 0 Å². The topological polar surface area (TPSA) is 27.7 Å². The van der Waals surface area contributed by atoms with Gasteiger partial charge in [-0.3, -0.25) is 0 Å². The maximum atomic E-state index is 13.2. The SMILES string of the molecule is COc1ccc(OCCOc2ccccc2F)cc1. The number of halogens is 1. The summed E-state index contributed by atoms with van der Waals surface area (Å²) in [6.07, 6.45) is 0. The molecule has 0 saturated carbocycles. The Kier molecular flexibility index (Phi) is 4.61. The van der Waals surface area contributed by atoms with Crippen LogP contribution in [0, 0.1) is 5.82 Å². The van der Waals surface area contributed by atoms with Crippen LogP contribution in [0.4, 0.5) is 4.39 Å². The third-order valence-corrected chi connectivity index (χ3v) is 2.51. The third-order valence-electron chi connectivity index (χ3n) is 2.51. The smallest absolute Gasteiger partial charge is 0.165 e. The number of hydrogen-bond acceptors (Lipinski definition) is 3. The van der Waals surface area contributed by atoms with Gasteiger partial charge >= 0.3 is 0 Å². The molecular weight excluding hydrogens is 247 g/mol. The first kappa shape index (κ1) is 13.2. The molecule has 0 fully saturated rings. The van der Waals surface area contributed by atoms with Crippen molar-refractivity contribution >= 4 is 0 Å². The lowest BCUT2D eigenvalue weighted by Crippen LogP contribution is -2.09. The van der Waals surface area contributed by atoms with Crippen molar-refractivity contribution in [3.05, 3.63) is 54.3 Å². The normalized spacial score (nSPS) is 10.0. The largest absolute Gasteiger partial charge is 0.497 e. The minimum atomic E-state index is -0.369. The first-order chi connectivity index (χ1) is 9.29. The molecule has 0 heterocycles. The number of methoxy groups -OCH3 is 1. The highest BCUT2D eigenvalue weighted by Gasteiger charge is 2.01. The van der Waals surface area contributed by atoms with E-state index in [4.69, 9.17) is 14.2 Å². The number of ether oxygens (including phenoxy) is 3. The summed E-state index contributed by atoms with van der Waals surface area (Å²) in [5, 5.41) is 0. The molecule has 0 atom stereocenters. The lowest BCUT2D eigenvalue weighted by atomic mass is 10.3. The van der Waals surface area contributed by atoms with E-state index in [1.165, 1.54) is 6.07 Å². The summed E-state index contributed by atoms with van der Waals surface area (Å²) in [7, 11) is 1.61. The van der Waals surface area contributed by atoms with Crippen molar-refractivity contribution in [1.82, 2.24) is 0 Å². The van der Waals surface area contributed by atoms with E-state index in [0.717, 1.165) is 11.5 Å². The average Bonchev–Trinajstić information content (AvgIpc) is 2.46. The highest BCUT2D eigenvalue weighted by Crippen LogP contribution is 2.17. The predicted molar refractivity (Wildman–Crippen MR) is 70.4 cm³/mol. The Morgan fingerprint density at radius 3 is 2.16 bits per heavy atom. The first-order valence-electron chi connectivity index (χ1n) is 5.94.